The van der Waals surface area contributed by atoms with Crippen molar-refractivity contribution < 1.29 is 4.74 Å². The molecule has 1 aromatic carbocycles. The van der Waals surface area contributed by atoms with Crippen LogP contribution in [0.5, 0.6) is 0 Å². The maximum atomic E-state index is 5.98. The largest absolute Gasteiger partial charge is 0.397 e. The van der Waals surface area contributed by atoms with E-state index in [1.54, 1.807) is 0 Å². The molecule has 0 amide bonds. The normalized spacial score (nSPS) is 23.9. The van der Waals surface area contributed by atoms with Crippen LogP contribution in [0.4, 0.5) is 11.4 Å². The summed E-state index contributed by atoms with van der Waals surface area (Å²) in [4.78, 5) is 0. The Kier molecular flexibility index (Phi) is 3.89. The zero-order chi connectivity index (χ0) is 12.3. The summed E-state index contributed by atoms with van der Waals surface area (Å²) in [5, 5.41) is 3.48. The van der Waals surface area contributed by atoms with Crippen LogP contribution in [0, 0.1) is 12.8 Å². The van der Waals surface area contributed by atoms with Crippen LogP contribution in [0.3, 0.4) is 0 Å². The van der Waals surface area contributed by atoms with E-state index in [1.807, 2.05) is 12.1 Å². The molecule has 0 aliphatic carbocycles. The standard InChI is InChI=1S/C14H22N2O/c1-3-13-11(7-8-17-13)9-16-14-10(2)5-4-6-12(14)15/h4-6,11,13,16H,3,7-9,15H2,1-2H3. The summed E-state index contributed by atoms with van der Waals surface area (Å²) < 4.78 is 5.69. The van der Waals surface area contributed by atoms with Crippen molar-refractivity contribution in [2.24, 2.45) is 5.92 Å². The molecule has 1 heterocycles. The fourth-order valence-electron chi connectivity index (χ4n) is 2.54. The number of aryl methyl sites for hydroxylation is 1. The third kappa shape index (κ3) is 2.72. The Morgan fingerprint density at radius 3 is 3.00 bits per heavy atom. The first-order valence-electron chi connectivity index (χ1n) is 6.43. The van der Waals surface area contributed by atoms with Crippen molar-refractivity contribution in [1.82, 2.24) is 0 Å². The molecular weight excluding hydrogens is 212 g/mol. The first kappa shape index (κ1) is 12.2. The van der Waals surface area contributed by atoms with E-state index in [2.05, 4.69) is 25.2 Å². The number of nitrogen functional groups attached to an aromatic ring is 1. The van der Waals surface area contributed by atoms with Crippen molar-refractivity contribution in [2.75, 3.05) is 24.2 Å². The van der Waals surface area contributed by atoms with Crippen LogP contribution in [-0.4, -0.2) is 19.3 Å². The van der Waals surface area contributed by atoms with Gasteiger partial charge in [-0.3, -0.25) is 0 Å². The molecule has 0 spiro atoms. The van der Waals surface area contributed by atoms with Crippen LogP contribution in [0.25, 0.3) is 0 Å². The number of rotatable bonds is 4. The first-order chi connectivity index (χ1) is 8.22. The smallest absolute Gasteiger partial charge is 0.0618 e. The maximum absolute atomic E-state index is 5.98. The molecule has 2 rings (SSSR count). The predicted octanol–water partition coefficient (Wildman–Crippen LogP) is 2.80. The van der Waals surface area contributed by atoms with Gasteiger partial charge in [0.1, 0.15) is 0 Å². The molecule has 0 bridgehead atoms. The van der Waals surface area contributed by atoms with Gasteiger partial charge in [-0.15, -0.1) is 0 Å². The van der Waals surface area contributed by atoms with Gasteiger partial charge >= 0.3 is 0 Å². The topological polar surface area (TPSA) is 47.3 Å². The van der Waals surface area contributed by atoms with E-state index < -0.39 is 0 Å². The monoisotopic (exact) mass is 234 g/mol. The van der Waals surface area contributed by atoms with Crippen molar-refractivity contribution in [3.63, 3.8) is 0 Å². The number of benzene rings is 1. The molecule has 1 aromatic rings. The molecule has 2 unspecified atom stereocenters. The van der Waals surface area contributed by atoms with Gasteiger partial charge in [0.2, 0.25) is 0 Å². The average molecular weight is 234 g/mol. The van der Waals surface area contributed by atoms with E-state index in [1.165, 1.54) is 5.56 Å². The quantitative estimate of drug-likeness (QED) is 0.787. The number of nitrogens with one attached hydrogen (secondary N) is 1. The Balaban J connectivity index is 1.98. The lowest BCUT2D eigenvalue weighted by molar-refractivity contribution is 0.0900. The lowest BCUT2D eigenvalue weighted by Gasteiger charge is -2.19. The lowest BCUT2D eigenvalue weighted by Crippen LogP contribution is -2.23. The van der Waals surface area contributed by atoms with Crippen LogP contribution >= 0.6 is 0 Å². The number of para-hydroxylation sites is 1. The second-order valence-corrected chi connectivity index (χ2v) is 4.79. The zero-order valence-electron chi connectivity index (χ0n) is 10.7. The van der Waals surface area contributed by atoms with Gasteiger partial charge in [-0.25, -0.2) is 0 Å². The molecule has 0 radical (unpaired) electrons. The van der Waals surface area contributed by atoms with Crippen molar-refractivity contribution in [1.29, 1.82) is 0 Å². The Hall–Kier alpha value is -1.22. The van der Waals surface area contributed by atoms with Crippen LogP contribution in [0.1, 0.15) is 25.3 Å². The molecule has 3 heteroatoms. The highest BCUT2D eigenvalue weighted by molar-refractivity contribution is 5.69. The lowest BCUT2D eigenvalue weighted by atomic mass is 9.99. The Morgan fingerprint density at radius 2 is 2.29 bits per heavy atom. The van der Waals surface area contributed by atoms with Crippen LogP contribution in [-0.2, 0) is 4.74 Å². The molecule has 3 nitrogen and oxygen atoms in total. The van der Waals surface area contributed by atoms with Gasteiger partial charge in [-0.1, -0.05) is 19.1 Å². The molecule has 1 fully saturated rings. The number of hydrogen-bond donors (Lipinski definition) is 2. The molecule has 0 saturated carbocycles. The molecule has 94 valence electrons. The van der Waals surface area contributed by atoms with Crippen molar-refractivity contribution in [3.05, 3.63) is 23.8 Å². The second kappa shape index (κ2) is 5.41. The fraction of sp³-hybridized carbons (Fsp3) is 0.571. The second-order valence-electron chi connectivity index (χ2n) is 4.79. The minimum atomic E-state index is 0.410. The molecule has 2 atom stereocenters. The molecule has 1 aliphatic rings. The summed E-state index contributed by atoms with van der Waals surface area (Å²) in [7, 11) is 0. The summed E-state index contributed by atoms with van der Waals surface area (Å²) in [6, 6.07) is 6.02. The van der Waals surface area contributed by atoms with E-state index in [9.17, 15) is 0 Å². The van der Waals surface area contributed by atoms with E-state index in [0.717, 1.165) is 37.4 Å². The van der Waals surface area contributed by atoms with Gasteiger partial charge in [0.15, 0.2) is 0 Å². The van der Waals surface area contributed by atoms with E-state index in [0.29, 0.717) is 12.0 Å². The number of ether oxygens (including phenoxy) is 1. The highest BCUT2D eigenvalue weighted by Gasteiger charge is 2.26. The minimum Gasteiger partial charge on any atom is -0.397 e. The number of anilines is 2. The van der Waals surface area contributed by atoms with Gasteiger partial charge in [0, 0.05) is 19.1 Å². The molecular formula is C14H22N2O. The number of hydrogen-bond acceptors (Lipinski definition) is 3. The minimum absolute atomic E-state index is 0.410. The highest BCUT2D eigenvalue weighted by Crippen LogP contribution is 2.27. The summed E-state index contributed by atoms with van der Waals surface area (Å²) in [5.74, 6) is 0.610. The van der Waals surface area contributed by atoms with Crippen LogP contribution in [0.15, 0.2) is 18.2 Å². The molecule has 3 N–H and O–H groups in total. The zero-order valence-corrected chi connectivity index (χ0v) is 10.7. The van der Waals surface area contributed by atoms with Crippen LogP contribution < -0.4 is 11.1 Å². The SMILES string of the molecule is CCC1OCCC1CNc1c(C)cccc1N. The third-order valence-electron chi connectivity index (χ3n) is 3.59. The first-order valence-corrected chi connectivity index (χ1v) is 6.43. The average Bonchev–Trinajstić information content (AvgIpc) is 2.76. The van der Waals surface area contributed by atoms with E-state index >= 15 is 0 Å². The fourth-order valence-corrected chi connectivity index (χ4v) is 2.54. The maximum Gasteiger partial charge on any atom is 0.0618 e. The van der Waals surface area contributed by atoms with Crippen molar-refractivity contribution in [2.45, 2.75) is 32.8 Å². The van der Waals surface area contributed by atoms with Crippen LogP contribution in [0.2, 0.25) is 0 Å². The number of nitrogens with two attached hydrogens (primary N) is 1. The summed E-state index contributed by atoms with van der Waals surface area (Å²) in [6.07, 6.45) is 2.65. The van der Waals surface area contributed by atoms with Crippen molar-refractivity contribution in [3.8, 4) is 0 Å². The Bertz CT molecular complexity index is 358. The van der Waals surface area contributed by atoms with Gasteiger partial charge < -0.3 is 15.8 Å². The summed E-state index contributed by atoms with van der Waals surface area (Å²) in [5.41, 5.74) is 9.09. The summed E-state index contributed by atoms with van der Waals surface area (Å²) >= 11 is 0. The van der Waals surface area contributed by atoms with Gasteiger partial charge in [0.25, 0.3) is 0 Å². The molecule has 17 heavy (non-hydrogen) atoms. The van der Waals surface area contributed by atoms with Gasteiger partial charge in [-0.2, -0.15) is 0 Å². The highest BCUT2D eigenvalue weighted by atomic mass is 16.5. The van der Waals surface area contributed by atoms with Gasteiger partial charge in [0.05, 0.1) is 17.5 Å². The predicted molar refractivity (Wildman–Crippen MR) is 72.2 cm³/mol. The molecule has 1 saturated heterocycles. The third-order valence-corrected chi connectivity index (χ3v) is 3.59. The van der Waals surface area contributed by atoms with E-state index in [-0.39, 0.29) is 0 Å². The summed E-state index contributed by atoms with van der Waals surface area (Å²) in [6.45, 7) is 6.12. The Labute approximate surface area is 103 Å². The van der Waals surface area contributed by atoms with Crippen molar-refractivity contribution >= 4 is 11.4 Å². The van der Waals surface area contributed by atoms with Gasteiger partial charge in [-0.05, 0) is 31.4 Å². The van der Waals surface area contributed by atoms with E-state index in [4.69, 9.17) is 10.5 Å². The molecule has 0 aromatic heterocycles. The molecule has 1 aliphatic heterocycles. The Morgan fingerprint density at radius 1 is 1.47 bits per heavy atom.